The second-order valence-electron chi connectivity index (χ2n) is 6.91. The van der Waals surface area contributed by atoms with Gasteiger partial charge in [0.25, 0.3) is 5.91 Å². The molecule has 1 heterocycles. The Kier molecular flexibility index (Phi) is 4.77. The van der Waals surface area contributed by atoms with E-state index in [0.717, 1.165) is 35.1 Å². The number of rotatable bonds is 6. The van der Waals surface area contributed by atoms with Crippen LogP contribution in [0.4, 0.5) is 0 Å². The lowest BCUT2D eigenvalue weighted by Gasteiger charge is -2.15. The van der Waals surface area contributed by atoms with Gasteiger partial charge in [-0.1, -0.05) is 12.1 Å². The molecule has 0 aliphatic heterocycles. The van der Waals surface area contributed by atoms with E-state index in [1.807, 2.05) is 30.3 Å². The van der Waals surface area contributed by atoms with Gasteiger partial charge in [0.15, 0.2) is 6.10 Å². The van der Waals surface area contributed by atoms with Gasteiger partial charge in [-0.15, -0.1) is 0 Å². The number of benzene rings is 2. The summed E-state index contributed by atoms with van der Waals surface area (Å²) in [5.74, 6) is 1.07. The van der Waals surface area contributed by atoms with Gasteiger partial charge >= 0.3 is 5.63 Å². The Bertz CT molecular complexity index is 1070. The molecule has 6 heteroatoms. The van der Waals surface area contributed by atoms with Crippen LogP contribution in [0.5, 0.6) is 11.5 Å². The molecule has 0 bridgehead atoms. The van der Waals surface area contributed by atoms with Gasteiger partial charge in [-0.05, 0) is 55.2 Å². The lowest BCUT2D eigenvalue weighted by Crippen LogP contribution is -2.37. The highest BCUT2D eigenvalue weighted by molar-refractivity contribution is 5.94. The molecule has 144 valence electrons. The Morgan fingerprint density at radius 2 is 1.82 bits per heavy atom. The summed E-state index contributed by atoms with van der Waals surface area (Å²) < 4.78 is 16.3. The van der Waals surface area contributed by atoms with E-state index < -0.39 is 11.7 Å². The molecule has 1 N–H and O–H groups in total. The summed E-state index contributed by atoms with van der Waals surface area (Å²) in [5.41, 5.74) is 1.60. The van der Waals surface area contributed by atoms with Crippen molar-refractivity contribution < 1.29 is 18.7 Å². The van der Waals surface area contributed by atoms with Crippen LogP contribution in [0.3, 0.4) is 0 Å². The summed E-state index contributed by atoms with van der Waals surface area (Å²) in [6.07, 6.45) is 1.41. The number of nitrogens with one attached hydrogen (secondary N) is 1. The van der Waals surface area contributed by atoms with Crippen LogP contribution in [-0.2, 0) is 4.79 Å². The zero-order valence-corrected chi connectivity index (χ0v) is 15.7. The maximum atomic E-state index is 12.1. The summed E-state index contributed by atoms with van der Waals surface area (Å²) in [7, 11) is 1.61. The van der Waals surface area contributed by atoms with Gasteiger partial charge in [0, 0.05) is 23.6 Å². The highest BCUT2D eigenvalue weighted by atomic mass is 16.5. The van der Waals surface area contributed by atoms with E-state index in [4.69, 9.17) is 13.9 Å². The van der Waals surface area contributed by atoms with E-state index in [-0.39, 0.29) is 11.9 Å². The quantitative estimate of drug-likeness (QED) is 0.663. The van der Waals surface area contributed by atoms with Crippen LogP contribution in [0.15, 0.2) is 57.7 Å². The SMILES string of the molecule is COc1ccc(-c2cc(=O)oc3cc(O[C@@H](C)C(=O)NC4CC4)ccc23)cc1. The molecule has 1 atom stereocenters. The highest BCUT2D eigenvalue weighted by Crippen LogP contribution is 2.31. The molecule has 6 nitrogen and oxygen atoms in total. The van der Waals surface area contributed by atoms with Crippen molar-refractivity contribution in [1.29, 1.82) is 0 Å². The smallest absolute Gasteiger partial charge is 0.336 e. The van der Waals surface area contributed by atoms with Crippen LogP contribution in [0, 0.1) is 0 Å². The molecule has 2 aromatic carbocycles. The molecule has 0 radical (unpaired) electrons. The van der Waals surface area contributed by atoms with Gasteiger partial charge in [0.1, 0.15) is 17.1 Å². The predicted molar refractivity (Wildman–Crippen MR) is 106 cm³/mol. The van der Waals surface area contributed by atoms with Crippen molar-refractivity contribution in [3.63, 3.8) is 0 Å². The first-order valence-electron chi connectivity index (χ1n) is 9.23. The van der Waals surface area contributed by atoms with Crippen molar-refractivity contribution in [2.24, 2.45) is 0 Å². The number of hydrogen-bond acceptors (Lipinski definition) is 5. The second-order valence-corrected chi connectivity index (χ2v) is 6.91. The average Bonchev–Trinajstić information content (AvgIpc) is 3.51. The molecule has 3 aromatic rings. The van der Waals surface area contributed by atoms with E-state index in [1.54, 1.807) is 26.2 Å². The Morgan fingerprint density at radius 1 is 1.11 bits per heavy atom. The van der Waals surface area contributed by atoms with Gasteiger partial charge in [-0.3, -0.25) is 4.79 Å². The van der Waals surface area contributed by atoms with Crippen LogP contribution in [-0.4, -0.2) is 25.2 Å². The standard InChI is InChI=1S/C22H21NO5/c1-13(22(25)23-15-5-6-15)27-17-9-10-18-19(12-21(24)28-20(18)11-17)14-3-7-16(26-2)8-4-14/h3-4,7-13,15H,5-6H2,1-2H3,(H,23,25)/t13-/m0/s1. The summed E-state index contributed by atoms with van der Waals surface area (Å²) in [6, 6.07) is 14.5. The predicted octanol–water partition coefficient (Wildman–Crippen LogP) is 3.51. The Balaban J connectivity index is 1.64. The summed E-state index contributed by atoms with van der Waals surface area (Å²) in [6.45, 7) is 1.70. The van der Waals surface area contributed by atoms with Crippen molar-refractivity contribution in [3.8, 4) is 22.6 Å². The fraction of sp³-hybridized carbons (Fsp3) is 0.273. The number of ether oxygens (including phenoxy) is 2. The summed E-state index contributed by atoms with van der Waals surface area (Å²) in [4.78, 5) is 24.2. The monoisotopic (exact) mass is 379 g/mol. The minimum absolute atomic E-state index is 0.143. The Labute approximate surface area is 162 Å². The maximum Gasteiger partial charge on any atom is 0.336 e. The van der Waals surface area contributed by atoms with Gasteiger partial charge in [0.2, 0.25) is 0 Å². The lowest BCUT2D eigenvalue weighted by molar-refractivity contribution is -0.127. The van der Waals surface area contributed by atoms with Gasteiger partial charge in [-0.2, -0.15) is 0 Å². The number of fused-ring (bicyclic) bond motifs is 1. The molecule has 0 spiro atoms. The van der Waals surface area contributed by atoms with Gasteiger partial charge in [0.05, 0.1) is 7.11 Å². The van der Waals surface area contributed by atoms with Crippen molar-refractivity contribution in [2.45, 2.75) is 31.9 Å². The Hall–Kier alpha value is -3.28. The second kappa shape index (κ2) is 7.38. The minimum Gasteiger partial charge on any atom is -0.497 e. The minimum atomic E-state index is -0.630. The van der Waals surface area contributed by atoms with Crippen LogP contribution in [0.2, 0.25) is 0 Å². The van der Waals surface area contributed by atoms with Crippen molar-refractivity contribution >= 4 is 16.9 Å². The zero-order valence-electron chi connectivity index (χ0n) is 15.7. The normalized spacial score (nSPS) is 14.5. The third kappa shape index (κ3) is 3.86. The Morgan fingerprint density at radius 3 is 2.50 bits per heavy atom. The number of carbonyl (C=O) groups is 1. The molecule has 0 unspecified atom stereocenters. The lowest BCUT2D eigenvalue weighted by atomic mass is 10.0. The fourth-order valence-electron chi connectivity index (χ4n) is 3.03. The van der Waals surface area contributed by atoms with Gasteiger partial charge in [-0.25, -0.2) is 4.79 Å². The topological polar surface area (TPSA) is 77.8 Å². The molecule has 4 rings (SSSR count). The molecular weight excluding hydrogens is 358 g/mol. The molecule has 0 saturated heterocycles. The number of methoxy groups -OCH3 is 1. The molecule has 28 heavy (non-hydrogen) atoms. The van der Waals surface area contributed by atoms with E-state index in [9.17, 15) is 9.59 Å². The molecule has 1 saturated carbocycles. The third-order valence-corrected chi connectivity index (χ3v) is 4.72. The van der Waals surface area contributed by atoms with Crippen LogP contribution < -0.4 is 20.4 Å². The zero-order chi connectivity index (χ0) is 19.7. The first-order valence-corrected chi connectivity index (χ1v) is 9.23. The largest absolute Gasteiger partial charge is 0.497 e. The number of carbonyl (C=O) groups excluding carboxylic acids is 1. The summed E-state index contributed by atoms with van der Waals surface area (Å²) in [5, 5.41) is 3.70. The van der Waals surface area contributed by atoms with Crippen LogP contribution in [0.25, 0.3) is 22.1 Å². The highest BCUT2D eigenvalue weighted by Gasteiger charge is 2.26. The van der Waals surface area contributed by atoms with Crippen LogP contribution in [0.1, 0.15) is 19.8 Å². The van der Waals surface area contributed by atoms with Gasteiger partial charge < -0.3 is 19.2 Å². The van der Waals surface area contributed by atoms with Crippen molar-refractivity contribution in [3.05, 3.63) is 59.0 Å². The molecule has 1 aliphatic rings. The molecule has 1 aliphatic carbocycles. The molecule has 1 aromatic heterocycles. The average molecular weight is 379 g/mol. The number of hydrogen-bond donors (Lipinski definition) is 1. The number of amides is 1. The first kappa shape index (κ1) is 18.1. The first-order chi connectivity index (χ1) is 13.5. The van der Waals surface area contributed by atoms with E-state index in [1.165, 1.54) is 6.07 Å². The van der Waals surface area contributed by atoms with Crippen molar-refractivity contribution in [1.82, 2.24) is 5.32 Å². The maximum absolute atomic E-state index is 12.1. The van der Waals surface area contributed by atoms with E-state index >= 15 is 0 Å². The third-order valence-electron chi connectivity index (χ3n) is 4.72. The van der Waals surface area contributed by atoms with Crippen molar-refractivity contribution in [2.75, 3.05) is 7.11 Å². The summed E-state index contributed by atoms with van der Waals surface area (Å²) >= 11 is 0. The van der Waals surface area contributed by atoms with E-state index in [0.29, 0.717) is 11.3 Å². The molecule has 1 fully saturated rings. The molecule has 1 amide bonds. The van der Waals surface area contributed by atoms with Crippen LogP contribution >= 0.6 is 0 Å². The molecular formula is C22H21NO5. The fourth-order valence-corrected chi connectivity index (χ4v) is 3.03. The van der Waals surface area contributed by atoms with E-state index in [2.05, 4.69) is 5.32 Å².